The van der Waals surface area contributed by atoms with Crippen LogP contribution in [-0.2, 0) is 11.3 Å². The third kappa shape index (κ3) is 5.20. The van der Waals surface area contributed by atoms with Gasteiger partial charge in [-0.15, -0.1) is 0 Å². The highest BCUT2D eigenvalue weighted by Crippen LogP contribution is 2.14. The third-order valence-electron chi connectivity index (χ3n) is 3.33. The number of nitrogens with one attached hydrogen (secondary N) is 1. The molecular formula is C16H22N2O2. The van der Waals surface area contributed by atoms with Crippen LogP contribution in [0.1, 0.15) is 31.2 Å². The van der Waals surface area contributed by atoms with Gasteiger partial charge < -0.3 is 14.8 Å². The summed E-state index contributed by atoms with van der Waals surface area (Å²) in [5.74, 6) is 0.874. The van der Waals surface area contributed by atoms with Crippen LogP contribution in [0, 0.1) is 11.3 Å². The van der Waals surface area contributed by atoms with E-state index in [1.54, 1.807) is 0 Å². The summed E-state index contributed by atoms with van der Waals surface area (Å²) in [7, 11) is 0. The van der Waals surface area contributed by atoms with Gasteiger partial charge in [0.25, 0.3) is 0 Å². The van der Waals surface area contributed by atoms with Gasteiger partial charge in [-0.1, -0.05) is 12.1 Å². The molecule has 108 valence electrons. The fourth-order valence-corrected chi connectivity index (χ4v) is 2.27. The van der Waals surface area contributed by atoms with Crippen molar-refractivity contribution in [3.05, 3.63) is 29.8 Å². The summed E-state index contributed by atoms with van der Waals surface area (Å²) in [4.78, 5) is 0. The molecule has 4 nitrogen and oxygen atoms in total. The Kier molecular flexibility index (Phi) is 6.36. The Bertz CT molecular complexity index is 436. The Labute approximate surface area is 120 Å². The first-order valence-electron chi connectivity index (χ1n) is 7.29. The number of rotatable bonds is 8. The predicted octanol–water partition coefficient (Wildman–Crippen LogP) is 2.64. The molecule has 0 aromatic heterocycles. The topological polar surface area (TPSA) is 54.3 Å². The van der Waals surface area contributed by atoms with E-state index in [0.29, 0.717) is 19.1 Å². The van der Waals surface area contributed by atoms with E-state index in [-0.39, 0.29) is 0 Å². The molecule has 20 heavy (non-hydrogen) atoms. The standard InChI is InChI=1S/C16H22N2O2/c17-8-1-2-9-19-15-6-3-5-14(11-15)12-18-13-16-7-4-10-20-16/h3,5-6,11,16,18H,1-2,4,7,9-10,12-13H2. The first kappa shape index (κ1) is 14.8. The van der Waals surface area contributed by atoms with Crippen LogP contribution in [0.3, 0.4) is 0 Å². The SMILES string of the molecule is N#CCCCOc1cccc(CNCC2CCCO2)c1. The second kappa shape index (κ2) is 8.57. The number of nitrogens with zero attached hydrogens (tertiary/aromatic N) is 1. The highest BCUT2D eigenvalue weighted by Gasteiger charge is 2.14. The van der Waals surface area contributed by atoms with Crippen LogP contribution in [0.4, 0.5) is 0 Å². The monoisotopic (exact) mass is 274 g/mol. The number of nitriles is 1. The van der Waals surface area contributed by atoms with Gasteiger partial charge in [-0.3, -0.25) is 0 Å². The summed E-state index contributed by atoms with van der Waals surface area (Å²) in [5.41, 5.74) is 1.21. The molecule has 0 spiro atoms. The number of unbranched alkanes of at least 4 members (excludes halogenated alkanes) is 1. The Hall–Kier alpha value is -1.57. The maximum absolute atomic E-state index is 8.47. The van der Waals surface area contributed by atoms with Crippen molar-refractivity contribution < 1.29 is 9.47 Å². The minimum Gasteiger partial charge on any atom is -0.494 e. The third-order valence-corrected chi connectivity index (χ3v) is 3.33. The highest BCUT2D eigenvalue weighted by atomic mass is 16.5. The van der Waals surface area contributed by atoms with Gasteiger partial charge in [-0.2, -0.15) is 5.26 Å². The summed E-state index contributed by atoms with van der Waals surface area (Å²) in [5, 5.41) is 11.9. The van der Waals surface area contributed by atoms with Crippen LogP contribution >= 0.6 is 0 Å². The summed E-state index contributed by atoms with van der Waals surface area (Å²) < 4.78 is 11.2. The zero-order valence-electron chi connectivity index (χ0n) is 11.8. The smallest absolute Gasteiger partial charge is 0.119 e. The lowest BCUT2D eigenvalue weighted by molar-refractivity contribution is 0.110. The normalized spacial score (nSPS) is 17.9. The fraction of sp³-hybridized carbons (Fsp3) is 0.562. The van der Waals surface area contributed by atoms with Crippen LogP contribution in [0.5, 0.6) is 5.75 Å². The zero-order chi connectivity index (χ0) is 14.0. The Morgan fingerprint density at radius 2 is 2.40 bits per heavy atom. The van der Waals surface area contributed by atoms with Crippen molar-refractivity contribution in [2.75, 3.05) is 19.8 Å². The molecule has 0 amide bonds. The maximum Gasteiger partial charge on any atom is 0.119 e. The predicted molar refractivity (Wildman–Crippen MR) is 77.5 cm³/mol. The molecule has 1 fully saturated rings. The molecule has 1 atom stereocenters. The molecule has 1 aromatic carbocycles. The Balaban J connectivity index is 1.69. The van der Waals surface area contributed by atoms with E-state index in [4.69, 9.17) is 14.7 Å². The molecule has 0 radical (unpaired) electrons. The second-order valence-corrected chi connectivity index (χ2v) is 5.02. The van der Waals surface area contributed by atoms with Crippen molar-refractivity contribution in [1.29, 1.82) is 5.26 Å². The molecule has 1 N–H and O–H groups in total. The molecular weight excluding hydrogens is 252 g/mol. The lowest BCUT2D eigenvalue weighted by Crippen LogP contribution is -2.25. The first-order valence-corrected chi connectivity index (χ1v) is 7.29. The van der Waals surface area contributed by atoms with Gasteiger partial charge in [0.15, 0.2) is 0 Å². The van der Waals surface area contributed by atoms with E-state index in [0.717, 1.165) is 38.3 Å². The van der Waals surface area contributed by atoms with Crippen LogP contribution in [0.15, 0.2) is 24.3 Å². The molecule has 1 saturated heterocycles. The number of benzene rings is 1. The van der Waals surface area contributed by atoms with E-state index in [2.05, 4.69) is 23.5 Å². The molecule has 0 bridgehead atoms. The highest BCUT2D eigenvalue weighted by molar-refractivity contribution is 5.28. The molecule has 2 rings (SSSR count). The van der Waals surface area contributed by atoms with Gasteiger partial charge >= 0.3 is 0 Å². The van der Waals surface area contributed by atoms with E-state index in [1.807, 2.05) is 12.1 Å². The molecule has 1 heterocycles. The lowest BCUT2D eigenvalue weighted by Gasteiger charge is -2.11. The van der Waals surface area contributed by atoms with Gasteiger partial charge in [0.2, 0.25) is 0 Å². The van der Waals surface area contributed by atoms with Crippen LogP contribution < -0.4 is 10.1 Å². The van der Waals surface area contributed by atoms with Crippen molar-refractivity contribution >= 4 is 0 Å². The molecule has 0 aliphatic carbocycles. The van der Waals surface area contributed by atoms with Gasteiger partial charge in [0.05, 0.1) is 18.8 Å². The Morgan fingerprint density at radius 3 is 3.20 bits per heavy atom. The number of ether oxygens (including phenoxy) is 2. The summed E-state index contributed by atoms with van der Waals surface area (Å²) in [6.07, 6.45) is 4.04. The molecule has 0 saturated carbocycles. The number of hydrogen-bond acceptors (Lipinski definition) is 4. The summed E-state index contributed by atoms with van der Waals surface area (Å²) >= 11 is 0. The molecule has 4 heteroatoms. The first-order chi connectivity index (χ1) is 9.88. The van der Waals surface area contributed by atoms with Gasteiger partial charge in [-0.25, -0.2) is 0 Å². The van der Waals surface area contributed by atoms with Crippen molar-refractivity contribution in [2.45, 2.75) is 38.3 Å². The Morgan fingerprint density at radius 1 is 1.45 bits per heavy atom. The van der Waals surface area contributed by atoms with Crippen LogP contribution in [0.2, 0.25) is 0 Å². The van der Waals surface area contributed by atoms with Crippen molar-refractivity contribution in [2.24, 2.45) is 0 Å². The van der Waals surface area contributed by atoms with E-state index in [1.165, 1.54) is 12.0 Å². The largest absolute Gasteiger partial charge is 0.494 e. The van der Waals surface area contributed by atoms with E-state index < -0.39 is 0 Å². The van der Waals surface area contributed by atoms with E-state index in [9.17, 15) is 0 Å². The molecule has 1 aliphatic heterocycles. The second-order valence-electron chi connectivity index (χ2n) is 5.02. The summed E-state index contributed by atoms with van der Waals surface area (Å²) in [6.45, 7) is 3.24. The van der Waals surface area contributed by atoms with Crippen LogP contribution in [0.25, 0.3) is 0 Å². The van der Waals surface area contributed by atoms with Crippen molar-refractivity contribution in [3.8, 4) is 11.8 Å². The number of hydrogen-bond donors (Lipinski definition) is 1. The average molecular weight is 274 g/mol. The zero-order valence-corrected chi connectivity index (χ0v) is 11.8. The van der Waals surface area contributed by atoms with Crippen molar-refractivity contribution in [3.63, 3.8) is 0 Å². The van der Waals surface area contributed by atoms with Gasteiger partial charge in [-0.05, 0) is 37.0 Å². The minimum atomic E-state index is 0.375. The lowest BCUT2D eigenvalue weighted by atomic mass is 10.2. The van der Waals surface area contributed by atoms with Crippen LogP contribution in [-0.4, -0.2) is 25.9 Å². The molecule has 1 aromatic rings. The molecule has 1 unspecified atom stereocenters. The average Bonchev–Trinajstić information content (AvgIpc) is 2.97. The fourth-order valence-electron chi connectivity index (χ4n) is 2.27. The quantitative estimate of drug-likeness (QED) is 0.740. The van der Waals surface area contributed by atoms with E-state index >= 15 is 0 Å². The minimum absolute atomic E-state index is 0.375. The summed E-state index contributed by atoms with van der Waals surface area (Å²) in [6, 6.07) is 10.2. The van der Waals surface area contributed by atoms with Crippen molar-refractivity contribution in [1.82, 2.24) is 5.32 Å². The van der Waals surface area contributed by atoms with Gasteiger partial charge in [0.1, 0.15) is 5.75 Å². The maximum atomic E-state index is 8.47. The van der Waals surface area contributed by atoms with Gasteiger partial charge in [0, 0.05) is 26.1 Å². The molecule has 1 aliphatic rings.